The maximum absolute atomic E-state index is 14.0. The molecule has 0 aliphatic heterocycles. The van der Waals surface area contributed by atoms with Crippen molar-refractivity contribution in [1.29, 1.82) is 0 Å². The van der Waals surface area contributed by atoms with E-state index in [1.165, 1.54) is 25.1 Å². The number of hydrogen-bond donors (Lipinski definition) is 0. The second-order valence-electron chi connectivity index (χ2n) is 4.84. The summed E-state index contributed by atoms with van der Waals surface area (Å²) in [6.07, 6.45) is -3.11. The van der Waals surface area contributed by atoms with Gasteiger partial charge in [-0.25, -0.2) is 22.0 Å². The summed E-state index contributed by atoms with van der Waals surface area (Å²) in [5.74, 6) is -1.96. The zero-order chi connectivity index (χ0) is 16.4. The smallest absolute Gasteiger partial charge is 0.229 e. The number of alkyl halides is 3. The van der Waals surface area contributed by atoms with Crippen molar-refractivity contribution in [3.8, 4) is 11.1 Å². The Kier molecular flexibility index (Phi) is 5.11. The lowest BCUT2D eigenvalue weighted by atomic mass is 10.0. The zero-order valence-electron chi connectivity index (χ0n) is 11.8. The van der Waals surface area contributed by atoms with Crippen molar-refractivity contribution in [3.05, 3.63) is 53.1 Å². The SMILES string of the molecule is Cc1ccc(-c2ccc(C)c(F)c2F)cc1SC(F)C(F)F. The maximum atomic E-state index is 14.0. The second kappa shape index (κ2) is 6.69. The van der Waals surface area contributed by atoms with Crippen molar-refractivity contribution in [3.63, 3.8) is 0 Å². The van der Waals surface area contributed by atoms with E-state index in [0.717, 1.165) is 0 Å². The van der Waals surface area contributed by atoms with Gasteiger partial charge in [-0.1, -0.05) is 36.0 Å². The summed E-state index contributed by atoms with van der Waals surface area (Å²) in [6, 6.07) is 7.34. The van der Waals surface area contributed by atoms with Gasteiger partial charge in [0, 0.05) is 10.5 Å². The predicted molar refractivity (Wildman–Crippen MR) is 78.0 cm³/mol. The second-order valence-corrected chi connectivity index (χ2v) is 5.97. The standard InChI is InChI=1S/C16H13F5S/c1-8-3-5-10(7-12(8)22-16(21)15(19)20)11-6-4-9(2)13(17)14(11)18/h3-7,15-16H,1-2H3. The molecular formula is C16H13F5S. The first-order chi connectivity index (χ1) is 10.3. The molecule has 0 aromatic heterocycles. The summed E-state index contributed by atoms with van der Waals surface area (Å²) < 4.78 is 65.5. The predicted octanol–water partition coefficient (Wildman–Crippen LogP) is 5.90. The first kappa shape index (κ1) is 16.8. The highest BCUT2D eigenvalue weighted by Gasteiger charge is 2.22. The third-order valence-corrected chi connectivity index (χ3v) is 4.34. The third kappa shape index (κ3) is 3.43. The molecule has 0 aliphatic carbocycles. The molecule has 1 unspecified atom stereocenters. The minimum absolute atomic E-state index is 0.0115. The molecule has 2 aromatic rings. The summed E-state index contributed by atoms with van der Waals surface area (Å²) in [7, 11) is 0. The van der Waals surface area contributed by atoms with E-state index < -0.39 is 23.6 Å². The Labute approximate surface area is 129 Å². The number of thioether (sulfide) groups is 1. The Morgan fingerprint density at radius 1 is 0.864 bits per heavy atom. The van der Waals surface area contributed by atoms with Gasteiger partial charge in [0.15, 0.2) is 11.6 Å². The minimum atomic E-state index is -3.11. The van der Waals surface area contributed by atoms with Crippen LogP contribution in [0.4, 0.5) is 22.0 Å². The summed E-state index contributed by atoms with van der Waals surface area (Å²) in [5.41, 5.74) is -1.29. The van der Waals surface area contributed by atoms with E-state index in [2.05, 4.69) is 0 Å². The van der Waals surface area contributed by atoms with Gasteiger partial charge in [-0.3, -0.25) is 0 Å². The number of rotatable bonds is 4. The average Bonchev–Trinajstić information content (AvgIpc) is 2.47. The minimum Gasteiger partial charge on any atom is -0.229 e. The Morgan fingerprint density at radius 3 is 2.14 bits per heavy atom. The van der Waals surface area contributed by atoms with Crippen LogP contribution in [0.2, 0.25) is 0 Å². The van der Waals surface area contributed by atoms with Gasteiger partial charge in [-0.05, 0) is 36.6 Å². The zero-order valence-corrected chi connectivity index (χ0v) is 12.7. The van der Waals surface area contributed by atoms with Crippen molar-refractivity contribution in [1.82, 2.24) is 0 Å². The van der Waals surface area contributed by atoms with Gasteiger partial charge in [0.1, 0.15) is 0 Å². The fourth-order valence-electron chi connectivity index (χ4n) is 1.94. The van der Waals surface area contributed by atoms with E-state index >= 15 is 0 Å². The summed E-state index contributed by atoms with van der Waals surface area (Å²) in [4.78, 5) is 0.269. The van der Waals surface area contributed by atoms with Crippen LogP contribution in [0.5, 0.6) is 0 Å². The van der Waals surface area contributed by atoms with E-state index in [4.69, 9.17) is 0 Å². The molecule has 0 amide bonds. The van der Waals surface area contributed by atoms with Crippen LogP contribution in [-0.4, -0.2) is 11.9 Å². The van der Waals surface area contributed by atoms with Gasteiger partial charge in [0.05, 0.1) is 0 Å². The molecule has 1 atom stereocenters. The highest BCUT2D eigenvalue weighted by molar-refractivity contribution is 7.99. The van der Waals surface area contributed by atoms with E-state index in [9.17, 15) is 22.0 Å². The van der Waals surface area contributed by atoms with E-state index in [1.807, 2.05) is 0 Å². The largest absolute Gasteiger partial charge is 0.278 e. The summed E-state index contributed by atoms with van der Waals surface area (Å²) in [6.45, 7) is 3.07. The molecule has 2 rings (SSSR count). The molecule has 0 aliphatic rings. The maximum Gasteiger partial charge on any atom is 0.278 e. The quantitative estimate of drug-likeness (QED) is 0.496. The van der Waals surface area contributed by atoms with E-state index in [0.29, 0.717) is 22.9 Å². The first-order valence-electron chi connectivity index (χ1n) is 6.45. The molecule has 0 bridgehead atoms. The molecule has 0 N–H and O–H groups in total. The molecule has 0 spiro atoms. The van der Waals surface area contributed by atoms with Crippen LogP contribution < -0.4 is 0 Å². The molecule has 0 nitrogen and oxygen atoms in total. The number of benzene rings is 2. The summed E-state index contributed by atoms with van der Waals surface area (Å²) >= 11 is 0.367. The molecule has 0 heterocycles. The molecule has 0 fully saturated rings. The Hall–Kier alpha value is -1.56. The number of halogens is 5. The van der Waals surface area contributed by atoms with Gasteiger partial charge in [-0.15, -0.1) is 0 Å². The van der Waals surface area contributed by atoms with E-state index in [-0.39, 0.29) is 16.0 Å². The summed E-state index contributed by atoms with van der Waals surface area (Å²) in [5, 5.41) is 0. The van der Waals surface area contributed by atoms with Crippen LogP contribution in [0.1, 0.15) is 11.1 Å². The van der Waals surface area contributed by atoms with Crippen LogP contribution in [-0.2, 0) is 0 Å². The van der Waals surface area contributed by atoms with Crippen molar-refractivity contribution in [2.75, 3.05) is 0 Å². The third-order valence-electron chi connectivity index (χ3n) is 3.21. The fraction of sp³-hybridized carbons (Fsp3) is 0.250. The molecular weight excluding hydrogens is 319 g/mol. The molecule has 2 aromatic carbocycles. The fourth-order valence-corrected chi connectivity index (χ4v) is 2.73. The van der Waals surface area contributed by atoms with Gasteiger partial charge >= 0.3 is 0 Å². The van der Waals surface area contributed by atoms with Crippen molar-refractivity contribution < 1.29 is 22.0 Å². The number of aryl methyl sites for hydroxylation is 2. The van der Waals surface area contributed by atoms with Crippen molar-refractivity contribution in [2.24, 2.45) is 0 Å². The van der Waals surface area contributed by atoms with Crippen LogP contribution in [0.25, 0.3) is 11.1 Å². The molecule has 0 saturated carbocycles. The van der Waals surface area contributed by atoms with Crippen LogP contribution in [0, 0.1) is 25.5 Å². The van der Waals surface area contributed by atoms with Crippen LogP contribution >= 0.6 is 11.8 Å². The van der Waals surface area contributed by atoms with Gasteiger partial charge in [0.2, 0.25) is 5.50 Å². The van der Waals surface area contributed by atoms with Gasteiger partial charge in [0.25, 0.3) is 6.43 Å². The lowest BCUT2D eigenvalue weighted by molar-refractivity contribution is 0.0953. The van der Waals surface area contributed by atoms with Crippen LogP contribution in [0.15, 0.2) is 35.2 Å². The highest BCUT2D eigenvalue weighted by Crippen LogP contribution is 2.35. The Balaban J connectivity index is 2.44. The van der Waals surface area contributed by atoms with Gasteiger partial charge in [-0.2, -0.15) is 0 Å². The molecule has 0 saturated heterocycles. The molecule has 0 radical (unpaired) electrons. The lowest BCUT2D eigenvalue weighted by Gasteiger charge is -2.12. The van der Waals surface area contributed by atoms with E-state index in [1.54, 1.807) is 19.1 Å². The average molecular weight is 332 g/mol. The normalized spacial score (nSPS) is 12.7. The van der Waals surface area contributed by atoms with Gasteiger partial charge < -0.3 is 0 Å². The Morgan fingerprint density at radius 2 is 1.50 bits per heavy atom. The number of hydrogen-bond acceptors (Lipinski definition) is 1. The van der Waals surface area contributed by atoms with Crippen LogP contribution in [0.3, 0.4) is 0 Å². The van der Waals surface area contributed by atoms with Crippen molar-refractivity contribution >= 4 is 11.8 Å². The monoisotopic (exact) mass is 332 g/mol. The lowest BCUT2D eigenvalue weighted by Crippen LogP contribution is -2.06. The highest BCUT2D eigenvalue weighted by atomic mass is 32.2. The molecule has 6 heteroatoms. The first-order valence-corrected chi connectivity index (χ1v) is 7.33. The molecule has 22 heavy (non-hydrogen) atoms. The molecule has 118 valence electrons. The van der Waals surface area contributed by atoms with Crippen molar-refractivity contribution in [2.45, 2.75) is 30.7 Å². The topological polar surface area (TPSA) is 0 Å². The Bertz CT molecular complexity index is 684.